The Hall–Kier alpha value is -2.71. The molecule has 0 saturated heterocycles. The first-order valence-corrected chi connectivity index (χ1v) is 13.8. The standard InChI is InChI=1S/C20H21N5O5S3/c1-12(2)32(26,27)18(19-25-24-17(30-19)11-22-33(21,28)29)20-23-15-9-8-14(10-16(15)31-20)13-6-4-3-5-7-13/h3-10,12,18,22H,11H2,1-2H3,(H2,21,28,29). The molecule has 0 aliphatic carbocycles. The van der Waals surface area contributed by atoms with Crippen LogP contribution >= 0.6 is 11.3 Å². The van der Waals surface area contributed by atoms with E-state index in [4.69, 9.17) is 9.56 Å². The number of benzene rings is 2. The van der Waals surface area contributed by atoms with Gasteiger partial charge in [-0.05, 0) is 37.1 Å². The number of fused-ring (bicyclic) bond motifs is 1. The normalized spacial score (nSPS) is 13.6. The number of nitrogens with zero attached hydrogens (tertiary/aromatic N) is 3. The Morgan fingerprint density at radius 1 is 1.03 bits per heavy atom. The van der Waals surface area contributed by atoms with Crippen LogP contribution in [0.1, 0.15) is 35.9 Å². The van der Waals surface area contributed by atoms with Crippen LogP contribution in [0.15, 0.2) is 52.9 Å². The largest absolute Gasteiger partial charge is 0.422 e. The highest BCUT2D eigenvalue weighted by Gasteiger charge is 2.38. The van der Waals surface area contributed by atoms with Gasteiger partial charge in [-0.1, -0.05) is 36.4 Å². The highest BCUT2D eigenvalue weighted by Crippen LogP contribution is 2.38. The molecule has 1 atom stereocenters. The topological polar surface area (TPSA) is 158 Å². The van der Waals surface area contributed by atoms with Crippen molar-refractivity contribution in [3.8, 4) is 11.1 Å². The number of hydrogen-bond acceptors (Lipinski definition) is 9. The zero-order valence-corrected chi connectivity index (χ0v) is 20.1. The summed E-state index contributed by atoms with van der Waals surface area (Å²) in [6, 6.07) is 15.5. The quantitative estimate of drug-likeness (QED) is 0.368. The number of sulfone groups is 1. The molecule has 2 heterocycles. The van der Waals surface area contributed by atoms with Crippen molar-refractivity contribution >= 4 is 41.6 Å². The van der Waals surface area contributed by atoms with Crippen LogP contribution in [0.25, 0.3) is 21.3 Å². The maximum Gasteiger partial charge on any atom is 0.274 e. The van der Waals surface area contributed by atoms with E-state index in [1.165, 1.54) is 11.3 Å². The molecule has 0 saturated carbocycles. The first-order valence-electron chi connectivity index (χ1n) is 9.83. The number of nitrogens with one attached hydrogen (secondary N) is 1. The first kappa shape index (κ1) is 23.4. The van der Waals surface area contributed by atoms with Crippen LogP contribution in [0.5, 0.6) is 0 Å². The van der Waals surface area contributed by atoms with Crippen LogP contribution in [-0.4, -0.2) is 37.3 Å². The minimum Gasteiger partial charge on any atom is -0.422 e. The summed E-state index contributed by atoms with van der Waals surface area (Å²) >= 11 is 1.23. The predicted octanol–water partition coefficient (Wildman–Crippen LogP) is 2.55. The maximum atomic E-state index is 13.2. The van der Waals surface area contributed by atoms with Crippen molar-refractivity contribution in [2.24, 2.45) is 5.14 Å². The molecule has 4 aromatic rings. The zero-order valence-electron chi connectivity index (χ0n) is 17.7. The molecule has 13 heteroatoms. The third kappa shape index (κ3) is 5.12. The SMILES string of the molecule is CC(C)S(=O)(=O)C(c1nnc(CNS(N)(=O)=O)o1)c1nc2ccc(-c3ccccc3)cc2s1. The molecule has 0 fully saturated rings. The molecule has 2 aromatic carbocycles. The van der Waals surface area contributed by atoms with Crippen LogP contribution in [0.2, 0.25) is 0 Å². The minimum atomic E-state index is -3.98. The molecular formula is C20H21N5O5S3. The Labute approximate surface area is 195 Å². The summed E-state index contributed by atoms with van der Waals surface area (Å²) in [5.41, 5.74) is 2.66. The lowest BCUT2D eigenvalue weighted by Crippen LogP contribution is -2.30. The van der Waals surface area contributed by atoms with E-state index in [9.17, 15) is 16.8 Å². The summed E-state index contributed by atoms with van der Waals surface area (Å²) in [4.78, 5) is 4.55. The average Bonchev–Trinajstić information content (AvgIpc) is 3.38. The molecule has 1 unspecified atom stereocenters. The smallest absolute Gasteiger partial charge is 0.274 e. The van der Waals surface area contributed by atoms with Crippen LogP contribution < -0.4 is 9.86 Å². The zero-order chi connectivity index (χ0) is 23.8. The Kier molecular flexibility index (Phi) is 6.33. The number of rotatable bonds is 8. The Bertz CT molecular complexity index is 1500. The molecular weight excluding hydrogens is 486 g/mol. The van der Waals surface area contributed by atoms with E-state index in [-0.39, 0.29) is 18.3 Å². The van der Waals surface area contributed by atoms with Crippen molar-refractivity contribution < 1.29 is 21.3 Å². The fraction of sp³-hybridized carbons (Fsp3) is 0.250. The lowest BCUT2D eigenvalue weighted by atomic mass is 10.1. The van der Waals surface area contributed by atoms with Gasteiger partial charge in [0.1, 0.15) is 5.01 Å². The number of nitrogens with two attached hydrogens (primary N) is 1. The van der Waals surface area contributed by atoms with Gasteiger partial charge in [-0.15, -0.1) is 21.5 Å². The lowest BCUT2D eigenvalue weighted by Gasteiger charge is -2.14. The van der Waals surface area contributed by atoms with Crippen LogP contribution in [0.3, 0.4) is 0 Å². The van der Waals surface area contributed by atoms with Gasteiger partial charge in [-0.25, -0.2) is 18.5 Å². The van der Waals surface area contributed by atoms with E-state index < -0.39 is 30.5 Å². The molecule has 0 aliphatic rings. The van der Waals surface area contributed by atoms with Gasteiger partial charge in [0.15, 0.2) is 15.1 Å². The van der Waals surface area contributed by atoms with E-state index in [1.54, 1.807) is 13.8 Å². The van der Waals surface area contributed by atoms with Gasteiger partial charge in [0.05, 0.1) is 22.0 Å². The van der Waals surface area contributed by atoms with Gasteiger partial charge in [-0.2, -0.15) is 13.1 Å². The molecule has 0 bridgehead atoms. The second kappa shape index (κ2) is 8.91. The van der Waals surface area contributed by atoms with Gasteiger partial charge in [0.2, 0.25) is 11.8 Å². The second-order valence-corrected chi connectivity index (χ2v) is 12.6. The number of aromatic nitrogens is 3. The van der Waals surface area contributed by atoms with Crippen molar-refractivity contribution in [3.05, 3.63) is 65.3 Å². The molecule has 2 aromatic heterocycles. The summed E-state index contributed by atoms with van der Waals surface area (Å²) in [5.74, 6) is -0.298. The Morgan fingerprint density at radius 3 is 2.42 bits per heavy atom. The Balaban J connectivity index is 1.76. The molecule has 174 valence electrons. The predicted molar refractivity (Wildman–Crippen MR) is 125 cm³/mol. The Morgan fingerprint density at radius 2 is 1.76 bits per heavy atom. The van der Waals surface area contributed by atoms with Gasteiger partial charge in [-0.3, -0.25) is 0 Å². The van der Waals surface area contributed by atoms with Crippen LogP contribution in [0.4, 0.5) is 0 Å². The molecule has 0 amide bonds. The fourth-order valence-corrected chi connectivity index (χ4v) is 6.24. The highest BCUT2D eigenvalue weighted by molar-refractivity contribution is 7.92. The average molecular weight is 508 g/mol. The van der Waals surface area contributed by atoms with Crippen LogP contribution in [-0.2, 0) is 26.6 Å². The third-order valence-electron chi connectivity index (χ3n) is 4.85. The molecule has 0 aliphatic heterocycles. The van der Waals surface area contributed by atoms with Gasteiger partial charge < -0.3 is 4.42 Å². The summed E-state index contributed by atoms with van der Waals surface area (Å²) in [5, 5.41) is 10.8. The van der Waals surface area contributed by atoms with Gasteiger partial charge in [0, 0.05) is 0 Å². The molecule has 0 spiro atoms. The van der Waals surface area contributed by atoms with Crippen molar-refractivity contribution in [1.82, 2.24) is 19.9 Å². The summed E-state index contributed by atoms with van der Waals surface area (Å²) < 4.78 is 57.0. The first-order chi connectivity index (χ1) is 15.5. The summed E-state index contributed by atoms with van der Waals surface area (Å²) in [6.45, 7) is 2.76. The van der Waals surface area contributed by atoms with Gasteiger partial charge >= 0.3 is 0 Å². The molecule has 33 heavy (non-hydrogen) atoms. The van der Waals surface area contributed by atoms with Crippen LogP contribution in [0, 0.1) is 0 Å². The van der Waals surface area contributed by atoms with Crippen molar-refractivity contribution in [3.63, 3.8) is 0 Å². The van der Waals surface area contributed by atoms with E-state index in [1.807, 2.05) is 53.3 Å². The monoisotopic (exact) mass is 507 g/mol. The highest BCUT2D eigenvalue weighted by atomic mass is 32.2. The molecule has 10 nitrogen and oxygen atoms in total. The fourth-order valence-electron chi connectivity index (χ4n) is 3.13. The molecule has 0 radical (unpaired) electrons. The van der Waals surface area contributed by atoms with E-state index in [0.29, 0.717) is 10.5 Å². The molecule has 3 N–H and O–H groups in total. The maximum absolute atomic E-state index is 13.2. The minimum absolute atomic E-state index is 0.115. The molecule has 4 rings (SSSR count). The second-order valence-electron chi connectivity index (χ2n) is 7.52. The number of hydrogen-bond donors (Lipinski definition) is 2. The van der Waals surface area contributed by atoms with Crippen molar-refractivity contribution in [2.75, 3.05) is 0 Å². The third-order valence-corrected chi connectivity index (χ3v) is 9.03. The summed E-state index contributed by atoms with van der Waals surface area (Å²) in [6.07, 6.45) is 0. The summed E-state index contributed by atoms with van der Waals surface area (Å²) in [7, 11) is -7.77. The van der Waals surface area contributed by atoms with E-state index in [0.717, 1.165) is 15.8 Å². The van der Waals surface area contributed by atoms with Crippen molar-refractivity contribution in [1.29, 1.82) is 0 Å². The van der Waals surface area contributed by atoms with E-state index >= 15 is 0 Å². The lowest BCUT2D eigenvalue weighted by molar-refractivity contribution is 0.443. The number of thiazole rings is 1. The van der Waals surface area contributed by atoms with Crippen molar-refractivity contribution in [2.45, 2.75) is 30.9 Å². The van der Waals surface area contributed by atoms with E-state index in [2.05, 4.69) is 15.2 Å². The van der Waals surface area contributed by atoms with Gasteiger partial charge in [0.25, 0.3) is 10.2 Å².